The van der Waals surface area contributed by atoms with E-state index < -0.39 is 0 Å². The molecule has 1 aromatic rings. The van der Waals surface area contributed by atoms with Gasteiger partial charge in [0.1, 0.15) is 0 Å². The highest BCUT2D eigenvalue weighted by Gasteiger charge is 2.23. The summed E-state index contributed by atoms with van der Waals surface area (Å²) >= 11 is 0. The lowest BCUT2D eigenvalue weighted by Gasteiger charge is -2.32. The fourth-order valence-corrected chi connectivity index (χ4v) is 3.12. The number of benzene rings is 1. The number of carbonyl (C=O) groups excluding carboxylic acids is 1. The first kappa shape index (κ1) is 17.8. The zero-order valence-corrected chi connectivity index (χ0v) is 14.8. The van der Waals surface area contributed by atoms with E-state index in [-0.39, 0.29) is 6.03 Å². The summed E-state index contributed by atoms with van der Waals surface area (Å²) in [5.74, 6) is 0.594. The average molecular weight is 317 g/mol. The van der Waals surface area contributed by atoms with E-state index in [2.05, 4.69) is 61.4 Å². The van der Waals surface area contributed by atoms with Gasteiger partial charge in [0.15, 0.2) is 0 Å². The van der Waals surface area contributed by atoms with Crippen LogP contribution >= 0.6 is 0 Å². The van der Waals surface area contributed by atoms with Crippen LogP contribution in [0.5, 0.6) is 0 Å². The Bertz CT molecular complexity index is 469. The maximum absolute atomic E-state index is 12.3. The van der Waals surface area contributed by atoms with Crippen LogP contribution in [0.15, 0.2) is 30.3 Å². The van der Waals surface area contributed by atoms with Crippen LogP contribution in [0.25, 0.3) is 0 Å². The summed E-state index contributed by atoms with van der Waals surface area (Å²) in [6.07, 6.45) is 3.26. The van der Waals surface area contributed by atoms with Crippen molar-refractivity contribution in [2.45, 2.75) is 45.1 Å². The van der Waals surface area contributed by atoms with Crippen LogP contribution in [0.2, 0.25) is 0 Å². The Balaban J connectivity index is 1.69. The highest BCUT2D eigenvalue weighted by atomic mass is 16.2. The number of amides is 2. The lowest BCUT2D eigenvalue weighted by atomic mass is 9.90. The molecule has 1 atom stereocenters. The van der Waals surface area contributed by atoms with Crippen molar-refractivity contribution in [1.29, 1.82) is 0 Å². The molecule has 1 heterocycles. The molecule has 1 aliphatic heterocycles. The summed E-state index contributed by atoms with van der Waals surface area (Å²) in [4.78, 5) is 16.5. The summed E-state index contributed by atoms with van der Waals surface area (Å²) in [5, 5.41) is 3.06. The van der Waals surface area contributed by atoms with Gasteiger partial charge >= 0.3 is 6.03 Å². The van der Waals surface area contributed by atoms with E-state index in [4.69, 9.17) is 0 Å². The molecule has 0 aromatic heterocycles. The number of rotatable bonds is 6. The van der Waals surface area contributed by atoms with Gasteiger partial charge in [-0.15, -0.1) is 0 Å². The SMILES string of the molecule is CCC(C)N(C)CCNC(=O)N1CCC(c2ccccc2)CC1. The molecule has 1 N–H and O–H groups in total. The molecular weight excluding hydrogens is 286 g/mol. The van der Waals surface area contributed by atoms with Gasteiger partial charge in [-0.1, -0.05) is 37.3 Å². The minimum absolute atomic E-state index is 0.0917. The Kier molecular flexibility index (Phi) is 6.90. The Morgan fingerprint density at radius 3 is 2.57 bits per heavy atom. The van der Waals surface area contributed by atoms with E-state index in [1.807, 2.05) is 4.90 Å². The van der Waals surface area contributed by atoms with Gasteiger partial charge in [-0.3, -0.25) is 0 Å². The quantitative estimate of drug-likeness (QED) is 0.874. The van der Waals surface area contributed by atoms with Gasteiger partial charge in [-0.2, -0.15) is 0 Å². The number of nitrogens with zero attached hydrogens (tertiary/aromatic N) is 2. The highest BCUT2D eigenvalue weighted by Crippen LogP contribution is 2.27. The van der Waals surface area contributed by atoms with E-state index in [1.54, 1.807) is 0 Å². The highest BCUT2D eigenvalue weighted by molar-refractivity contribution is 5.74. The molecule has 0 bridgehead atoms. The number of hydrogen-bond donors (Lipinski definition) is 1. The van der Waals surface area contributed by atoms with Crippen molar-refractivity contribution < 1.29 is 4.79 Å². The molecule has 2 amide bonds. The zero-order valence-electron chi connectivity index (χ0n) is 14.8. The molecule has 1 saturated heterocycles. The molecule has 4 heteroatoms. The van der Waals surface area contributed by atoms with Gasteiger partial charge in [0, 0.05) is 32.2 Å². The monoisotopic (exact) mass is 317 g/mol. The molecule has 0 saturated carbocycles. The first-order valence-corrected chi connectivity index (χ1v) is 8.89. The van der Waals surface area contributed by atoms with Gasteiger partial charge in [-0.05, 0) is 44.7 Å². The van der Waals surface area contributed by atoms with Gasteiger partial charge in [0.25, 0.3) is 0 Å². The second-order valence-electron chi connectivity index (χ2n) is 6.64. The largest absolute Gasteiger partial charge is 0.337 e. The van der Waals surface area contributed by atoms with Crippen molar-refractivity contribution in [3.05, 3.63) is 35.9 Å². The molecule has 2 rings (SSSR count). The molecule has 0 radical (unpaired) electrons. The van der Waals surface area contributed by atoms with Crippen molar-refractivity contribution >= 4 is 6.03 Å². The van der Waals surface area contributed by atoms with Crippen molar-refractivity contribution in [3.8, 4) is 0 Å². The van der Waals surface area contributed by atoms with E-state index in [0.717, 1.165) is 45.4 Å². The maximum atomic E-state index is 12.3. The number of piperidine rings is 1. The summed E-state index contributed by atoms with van der Waals surface area (Å²) in [7, 11) is 2.12. The van der Waals surface area contributed by atoms with Gasteiger partial charge in [-0.25, -0.2) is 4.79 Å². The van der Waals surface area contributed by atoms with E-state index in [0.29, 0.717) is 12.0 Å². The van der Waals surface area contributed by atoms with Crippen molar-refractivity contribution in [2.24, 2.45) is 0 Å². The van der Waals surface area contributed by atoms with Gasteiger partial charge in [0.05, 0.1) is 0 Å². The Morgan fingerprint density at radius 2 is 1.96 bits per heavy atom. The van der Waals surface area contributed by atoms with Crippen LogP contribution in [0.3, 0.4) is 0 Å². The fourth-order valence-electron chi connectivity index (χ4n) is 3.12. The van der Waals surface area contributed by atoms with Crippen LogP contribution in [-0.4, -0.2) is 55.1 Å². The molecule has 1 unspecified atom stereocenters. The third-order valence-corrected chi connectivity index (χ3v) is 5.14. The second kappa shape index (κ2) is 8.92. The third kappa shape index (κ3) is 5.24. The molecule has 0 spiro atoms. The molecule has 23 heavy (non-hydrogen) atoms. The topological polar surface area (TPSA) is 35.6 Å². The van der Waals surface area contributed by atoms with E-state index in [1.165, 1.54) is 5.56 Å². The lowest BCUT2D eigenvalue weighted by Crippen LogP contribution is -2.46. The molecule has 1 aliphatic rings. The number of likely N-dealkylation sites (tertiary alicyclic amines) is 1. The first-order chi connectivity index (χ1) is 11.1. The number of urea groups is 1. The van der Waals surface area contributed by atoms with Gasteiger partial charge in [0.2, 0.25) is 0 Å². The summed E-state index contributed by atoms with van der Waals surface area (Å²) in [6.45, 7) is 7.74. The zero-order chi connectivity index (χ0) is 16.7. The molecular formula is C19H31N3O. The van der Waals surface area contributed by atoms with Crippen molar-refractivity contribution in [2.75, 3.05) is 33.2 Å². The van der Waals surface area contributed by atoms with Crippen molar-refractivity contribution in [3.63, 3.8) is 0 Å². The minimum atomic E-state index is 0.0917. The number of carbonyl (C=O) groups is 1. The van der Waals surface area contributed by atoms with E-state index >= 15 is 0 Å². The first-order valence-electron chi connectivity index (χ1n) is 8.89. The number of likely N-dealkylation sites (N-methyl/N-ethyl adjacent to an activating group) is 1. The van der Waals surface area contributed by atoms with Crippen molar-refractivity contribution in [1.82, 2.24) is 15.1 Å². The van der Waals surface area contributed by atoms with E-state index in [9.17, 15) is 4.79 Å². The fraction of sp³-hybridized carbons (Fsp3) is 0.632. The average Bonchev–Trinajstić information content (AvgIpc) is 2.61. The Morgan fingerprint density at radius 1 is 1.30 bits per heavy atom. The Labute approximate surface area is 140 Å². The van der Waals surface area contributed by atoms with Crippen LogP contribution in [0.1, 0.15) is 44.6 Å². The summed E-state index contributed by atoms with van der Waals surface area (Å²) in [6, 6.07) is 11.3. The Hall–Kier alpha value is -1.55. The van der Waals surface area contributed by atoms with Crippen LogP contribution in [0.4, 0.5) is 4.79 Å². The predicted octanol–water partition coefficient (Wildman–Crippen LogP) is 3.31. The number of hydrogen-bond acceptors (Lipinski definition) is 2. The predicted molar refractivity (Wildman–Crippen MR) is 95.8 cm³/mol. The van der Waals surface area contributed by atoms with Crippen LogP contribution in [-0.2, 0) is 0 Å². The molecule has 0 aliphatic carbocycles. The van der Waals surface area contributed by atoms with Crippen LogP contribution < -0.4 is 5.32 Å². The third-order valence-electron chi connectivity index (χ3n) is 5.14. The molecule has 1 aromatic carbocycles. The summed E-state index contributed by atoms with van der Waals surface area (Å²) < 4.78 is 0. The number of nitrogens with one attached hydrogen (secondary N) is 1. The molecule has 128 valence electrons. The maximum Gasteiger partial charge on any atom is 0.317 e. The summed E-state index contributed by atoms with van der Waals surface area (Å²) in [5.41, 5.74) is 1.41. The standard InChI is InChI=1S/C19H31N3O/c1-4-16(2)21(3)15-12-20-19(23)22-13-10-18(11-14-22)17-8-6-5-7-9-17/h5-9,16,18H,4,10-15H2,1-3H3,(H,20,23). The van der Waals surface area contributed by atoms with Crippen LogP contribution in [0, 0.1) is 0 Å². The normalized spacial score (nSPS) is 17.3. The molecule has 4 nitrogen and oxygen atoms in total. The smallest absolute Gasteiger partial charge is 0.317 e. The van der Waals surface area contributed by atoms with Gasteiger partial charge < -0.3 is 15.1 Å². The second-order valence-corrected chi connectivity index (χ2v) is 6.64. The lowest BCUT2D eigenvalue weighted by molar-refractivity contribution is 0.178. The minimum Gasteiger partial charge on any atom is -0.337 e. The molecule has 1 fully saturated rings.